The molecule has 0 bridgehead atoms. The van der Waals surface area contributed by atoms with Crippen LogP contribution in [-0.4, -0.2) is 84.8 Å². The van der Waals surface area contributed by atoms with E-state index >= 15 is 0 Å². The van der Waals surface area contributed by atoms with Gasteiger partial charge in [-0.25, -0.2) is 22.8 Å². The molecular formula is C26H29FN10O2S. The lowest BCUT2D eigenvalue weighted by Crippen LogP contribution is -2.52. The highest BCUT2D eigenvalue weighted by atomic mass is 32.2. The van der Waals surface area contributed by atoms with Crippen molar-refractivity contribution in [3.63, 3.8) is 0 Å². The van der Waals surface area contributed by atoms with Crippen molar-refractivity contribution in [3.05, 3.63) is 48.7 Å². The van der Waals surface area contributed by atoms with Gasteiger partial charge in [0.05, 0.1) is 47.2 Å². The Kier molecular flexibility index (Phi) is 6.81. The second kappa shape index (κ2) is 10.3. The minimum absolute atomic E-state index is 0.0706. The fourth-order valence-corrected chi connectivity index (χ4v) is 7.53. The normalized spacial score (nSPS) is 19.1. The zero-order valence-electron chi connectivity index (χ0n) is 22.0. The predicted molar refractivity (Wildman–Crippen MR) is 143 cm³/mol. The summed E-state index contributed by atoms with van der Waals surface area (Å²) >= 11 is 0. The summed E-state index contributed by atoms with van der Waals surface area (Å²) in [4.78, 5) is 14.6. The first-order valence-corrected chi connectivity index (χ1v) is 14.7. The number of halogens is 1. The Balaban J connectivity index is 1.13. The molecule has 0 spiro atoms. The van der Waals surface area contributed by atoms with E-state index in [-0.39, 0.29) is 16.6 Å². The minimum Gasteiger partial charge on any atom is -0.300 e. The van der Waals surface area contributed by atoms with Crippen LogP contribution in [0.3, 0.4) is 0 Å². The number of sulfonamides is 1. The number of nitrogens with zero attached hydrogens (tertiary/aromatic N) is 9. The third-order valence-electron chi connectivity index (χ3n) is 8.31. The summed E-state index contributed by atoms with van der Waals surface area (Å²) in [5.74, 6) is -0.787. The van der Waals surface area contributed by atoms with Crippen molar-refractivity contribution in [2.45, 2.75) is 55.5 Å². The Morgan fingerprint density at radius 3 is 2.67 bits per heavy atom. The summed E-state index contributed by atoms with van der Waals surface area (Å²) in [6, 6.07) is 3.81. The molecule has 6 heterocycles. The van der Waals surface area contributed by atoms with Gasteiger partial charge in [0.1, 0.15) is 11.2 Å². The number of nitrogens with one attached hydrogen (secondary N) is 1. The number of fused-ring (bicyclic) bond motifs is 1. The number of nitriles is 1. The molecule has 2 fully saturated rings. The largest absolute Gasteiger partial charge is 0.300 e. The van der Waals surface area contributed by atoms with Crippen LogP contribution in [0.25, 0.3) is 22.3 Å². The molecule has 1 N–H and O–H groups in total. The molecule has 0 saturated carbocycles. The molecular weight excluding hydrogens is 535 g/mol. The van der Waals surface area contributed by atoms with Gasteiger partial charge in [-0.2, -0.15) is 19.8 Å². The topological polar surface area (TPSA) is 150 Å². The van der Waals surface area contributed by atoms with Crippen LogP contribution in [0.2, 0.25) is 0 Å². The fraction of sp³-hybridized carbons (Fsp3) is 0.462. The van der Waals surface area contributed by atoms with Gasteiger partial charge < -0.3 is 4.90 Å². The second-order valence-corrected chi connectivity index (χ2v) is 12.4. The Bertz CT molecular complexity index is 1680. The molecule has 0 amide bonds. The van der Waals surface area contributed by atoms with E-state index in [0.717, 1.165) is 42.6 Å². The maximum Gasteiger partial charge on any atom is 0.246 e. The number of likely N-dealkylation sites (tertiary alicyclic amines) is 1. The molecule has 4 aromatic heterocycles. The van der Waals surface area contributed by atoms with Crippen molar-refractivity contribution in [3.8, 4) is 17.3 Å². The van der Waals surface area contributed by atoms with Gasteiger partial charge in [0.15, 0.2) is 11.5 Å². The monoisotopic (exact) mass is 564 g/mol. The van der Waals surface area contributed by atoms with Crippen molar-refractivity contribution < 1.29 is 12.8 Å². The first-order chi connectivity index (χ1) is 19.3. The highest BCUT2D eigenvalue weighted by Crippen LogP contribution is 2.37. The van der Waals surface area contributed by atoms with Crippen LogP contribution in [0.5, 0.6) is 0 Å². The van der Waals surface area contributed by atoms with E-state index in [2.05, 4.69) is 41.2 Å². The van der Waals surface area contributed by atoms with Crippen molar-refractivity contribution >= 4 is 21.1 Å². The maximum atomic E-state index is 14.5. The Hall–Kier alpha value is -3.80. The first kappa shape index (κ1) is 26.4. The molecule has 4 aromatic rings. The molecule has 0 radical (unpaired) electrons. The van der Waals surface area contributed by atoms with Gasteiger partial charge in [-0.3, -0.25) is 14.8 Å². The van der Waals surface area contributed by atoms with Crippen molar-refractivity contribution in [2.24, 2.45) is 0 Å². The molecule has 6 rings (SSSR count). The standard InChI is InChI=1S/C26H29FN10O2S/c1-18-23(27)22(2-9-29-18)40(38,39)36-10-3-20(4-11-36)35-12-6-26(5-8-28,7-13-35)37-16-19(14-33-37)24-21-15-32-34-25(21)31-17-30-24/h2,9,14-17,20H,3-7,10-13H2,1H3,(H,30,31,32,34). The molecule has 2 aliphatic heterocycles. The zero-order chi connectivity index (χ0) is 27.9. The molecule has 2 aliphatic rings. The number of H-pyrrole nitrogens is 1. The Labute approximate surface area is 230 Å². The van der Waals surface area contributed by atoms with E-state index in [1.165, 1.54) is 29.8 Å². The van der Waals surface area contributed by atoms with E-state index in [9.17, 15) is 18.1 Å². The van der Waals surface area contributed by atoms with Crippen LogP contribution < -0.4 is 0 Å². The van der Waals surface area contributed by atoms with E-state index in [1.54, 1.807) is 12.4 Å². The lowest BCUT2D eigenvalue weighted by molar-refractivity contribution is 0.0542. The third-order valence-corrected chi connectivity index (χ3v) is 10.2. The quantitative estimate of drug-likeness (QED) is 0.373. The Morgan fingerprint density at radius 1 is 1.15 bits per heavy atom. The summed E-state index contributed by atoms with van der Waals surface area (Å²) in [6.45, 7) is 3.66. The van der Waals surface area contributed by atoms with Gasteiger partial charge in [0.2, 0.25) is 10.0 Å². The lowest BCUT2D eigenvalue weighted by Gasteiger charge is -2.45. The highest BCUT2D eigenvalue weighted by molar-refractivity contribution is 7.89. The smallest absolute Gasteiger partial charge is 0.246 e. The number of pyridine rings is 1. The summed E-state index contributed by atoms with van der Waals surface area (Å²) in [7, 11) is -3.92. The van der Waals surface area contributed by atoms with Crippen molar-refractivity contribution in [2.75, 3.05) is 26.2 Å². The molecule has 12 nitrogen and oxygen atoms in total. The highest BCUT2D eigenvalue weighted by Gasteiger charge is 2.40. The average molecular weight is 565 g/mol. The van der Waals surface area contributed by atoms with Gasteiger partial charge in [-0.1, -0.05) is 0 Å². The predicted octanol–water partition coefficient (Wildman–Crippen LogP) is 2.62. The van der Waals surface area contributed by atoms with Gasteiger partial charge in [-0.05, 0) is 38.7 Å². The number of hydrogen-bond donors (Lipinski definition) is 1. The number of hydrogen-bond acceptors (Lipinski definition) is 9. The molecule has 40 heavy (non-hydrogen) atoms. The molecule has 2 saturated heterocycles. The van der Waals surface area contributed by atoms with Gasteiger partial charge in [0, 0.05) is 50.2 Å². The number of aromatic nitrogens is 7. The number of aromatic amines is 1. The second-order valence-electron chi connectivity index (χ2n) is 10.5. The summed E-state index contributed by atoms with van der Waals surface area (Å²) in [5.41, 5.74) is 1.85. The molecule has 0 aliphatic carbocycles. The van der Waals surface area contributed by atoms with Crippen molar-refractivity contribution in [1.29, 1.82) is 5.26 Å². The van der Waals surface area contributed by atoms with Crippen LogP contribution in [0.1, 0.15) is 37.8 Å². The molecule has 0 atom stereocenters. The number of aryl methyl sites for hydroxylation is 1. The molecule has 208 valence electrons. The first-order valence-electron chi connectivity index (χ1n) is 13.2. The minimum atomic E-state index is -3.92. The molecule has 0 aromatic carbocycles. The molecule has 14 heteroatoms. The summed E-state index contributed by atoms with van der Waals surface area (Å²) < 4.78 is 44.0. The third kappa shape index (κ3) is 4.53. The van der Waals surface area contributed by atoms with Crippen LogP contribution in [0.4, 0.5) is 4.39 Å². The fourth-order valence-electron chi connectivity index (χ4n) is 5.95. The van der Waals surface area contributed by atoms with Gasteiger partial charge >= 0.3 is 0 Å². The maximum absolute atomic E-state index is 14.5. The molecule has 0 unspecified atom stereocenters. The van der Waals surface area contributed by atoms with E-state index in [4.69, 9.17) is 0 Å². The number of piperidine rings is 2. The van der Waals surface area contributed by atoms with E-state index < -0.39 is 21.4 Å². The van der Waals surface area contributed by atoms with Crippen molar-refractivity contribution in [1.82, 2.24) is 44.1 Å². The number of rotatable bonds is 6. The SMILES string of the molecule is Cc1nccc(S(=O)(=O)N2CCC(N3CCC(CC#N)(n4cc(-c5ncnc6[nH]ncc56)cn4)CC3)CC2)c1F. The Morgan fingerprint density at radius 2 is 1.93 bits per heavy atom. The van der Waals surface area contributed by atoms with Crippen LogP contribution >= 0.6 is 0 Å². The van der Waals surface area contributed by atoms with E-state index in [0.29, 0.717) is 38.0 Å². The van der Waals surface area contributed by atoms with Gasteiger partial charge in [-0.15, -0.1) is 0 Å². The summed E-state index contributed by atoms with van der Waals surface area (Å²) in [5, 5.41) is 22.1. The van der Waals surface area contributed by atoms with Gasteiger partial charge in [0.25, 0.3) is 0 Å². The van der Waals surface area contributed by atoms with Crippen LogP contribution in [0.15, 0.2) is 42.1 Å². The zero-order valence-corrected chi connectivity index (χ0v) is 22.8. The van der Waals surface area contributed by atoms with E-state index in [1.807, 2.05) is 10.9 Å². The summed E-state index contributed by atoms with van der Waals surface area (Å²) in [6.07, 6.45) is 11.4. The van der Waals surface area contributed by atoms with Crippen LogP contribution in [0, 0.1) is 24.1 Å². The lowest BCUT2D eigenvalue weighted by atomic mass is 9.84. The van der Waals surface area contributed by atoms with Crippen LogP contribution in [-0.2, 0) is 15.6 Å². The average Bonchev–Trinajstić information content (AvgIpc) is 3.66.